The molecule has 0 heterocycles. The van der Waals surface area contributed by atoms with Gasteiger partial charge < -0.3 is 5.32 Å². The van der Waals surface area contributed by atoms with E-state index >= 15 is 0 Å². The molecule has 0 saturated carbocycles. The maximum atomic E-state index is 13.0. The van der Waals surface area contributed by atoms with Crippen molar-refractivity contribution in [1.82, 2.24) is 5.32 Å². The number of aryl methyl sites for hydroxylation is 1. The third kappa shape index (κ3) is 6.01. The Morgan fingerprint density at radius 1 is 1.11 bits per heavy atom. The number of rotatable bonds is 7. The van der Waals surface area contributed by atoms with Crippen molar-refractivity contribution in [2.24, 2.45) is 0 Å². The molecule has 0 spiro atoms. The minimum Gasteiger partial charge on any atom is -0.351 e. The molecule has 0 aliphatic carbocycles. The number of hydrogen-bond acceptors (Lipinski definition) is 4. The quantitative estimate of drug-likeness (QED) is 0.686. The van der Waals surface area contributed by atoms with Gasteiger partial charge in [0.2, 0.25) is 0 Å². The Hall–Kier alpha value is -1.99. The van der Waals surface area contributed by atoms with E-state index in [4.69, 9.17) is 0 Å². The zero-order valence-electron chi connectivity index (χ0n) is 17.0. The lowest BCUT2D eigenvalue weighted by molar-refractivity contribution is 0.0956. The number of benzene rings is 2. The minimum absolute atomic E-state index is 0.0909. The van der Waals surface area contributed by atoms with Crippen molar-refractivity contribution in [1.29, 1.82) is 0 Å². The van der Waals surface area contributed by atoms with E-state index in [1.165, 1.54) is 23.5 Å². The van der Waals surface area contributed by atoms with E-state index in [0.717, 1.165) is 11.3 Å². The van der Waals surface area contributed by atoms with Crippen molar-refractivity contribution in [2.45, 2.75) is 37.3 Å². The molecular formula is C21H28N2O3S2. The highest BCUT2D eigenvalue weighted by Crippen LogP contribution is 2.24. The lowest BCUT2D eigenvalue weighted by Crippen LogP contribution is -2.28. The van der Waals surface area contributed by atoms with Crippen LogP contribution < -0.4 is 9.62 Å². The molecule has 0 aromatic heterocycles. The van der Waals surface area contributed by atoms with Crippen molar-refractivity contribution in [3.05, 3.63) is 59.7 Å². The summed E-state index contributed by atoms with van der Waals surface area (Å²) in [6.45, 7) is 8.81. The third-order valence-electron chi connectivity index (χ3n) is 4.04. The van der Waals surface area contributed by atoms with Gasteiger partial charge in [0.1, 0.15) is 0 Å². The molecule has 0 aliphatic rings. The average molecular weight is 421 g/mol. The summed E-state index contributed by atoms with van der Waals surface area (Å²) in [5.74, 6) is 0.522. The molecule has 0 unspecified atom stereocenters. The molecule has 7 heteroatoms. The normalized spacial score (nSPS) is 11.9. The van der Waals surface area contributed by atoms with Gasteiger partial charge in [-0.15, -0.1) is 0 Å². The summed E-state index contributed by atoms with van der Waals surface area (Å²) in [6.07, 6.45) is 0. The second kappa shape index (κ2) is 9.01. The number of carbonyl (C=O) groups is 1. The topological polar surface area (TPSA) is 66.5 Å². The number of thioether (sulfide) groups is 1. The number of nitrogens with one attached hydrogen (secondary N) is 1. The number of sulfonamides is 1. The highest BCUT2D eigenvalue weighted by Gasteiger charge is 2.22. The first-order chi connectivity index (χ1) is 13.0. The van der Waals surface area contributed by atoms with Gasteiger partial charge in [0.25, 0.3) is 15.9 Å². The van der Waals surface area contributed by atoms with E-state index in [0.29, 0.717) is 17.8 Å². The fraction of sp³-hybridized carbons (Fsp3) is 0.381. The molecule has 1 N–H and O–H groups in total. The summed E-state index contributed by atoms with van der Waals surface area (Å²) < 4.78 is 27.3. The fourth-order valence-corrected chi connectivity index (χ4v) is 4.59. The summed E-state index contributed by atoms with van der Waals surface area (Å²) >= 11 is 1.76. The Bertz CT molecular complexity index is 935. The van der Waals surface area contributed by atoms with Crippen LogP contribution in [0.25, 0.3) is 0 Å². The number of anilines is 1. The molecule has 2 aromatic rings. The average Bonchev–Trinajstić information content (AvgIpc) is 2.63. The molecule has 5 nitrogen and oxygen atoms in total. The van der Waals surface area contributed by atoms with Crippen molar-refractivity contribution in [2.75, 3.05) is 23.7 Å². The van der Waals surface area contributed by atoms with Gasteiger partial charge in [-0.05, 0) is 42.8 Å². The van der Waals surface area contributed by atoms with Crippen LogP contribution in [-0.2, 0) is 10.0 Å². The Labute approximate surface area is 172 Å². The Morgan fingerprint density at radius 2 is 1.79 bits per heavy atom. The van der Waals surface area contributed by atoms with Crippen LogP contribution in [0.3, 0.4) is 0 Å². The zero-order chi connectivity index (χ0) is 20.9. The summed E-state index contributed by atoms with van der Waals surface area (Å²) in [4.78, 5) is 12.5. The SMILES string of the molecule is Cc1cccc(N(C)S(=O)(=O)c2cccc(C(=O)NCCSC(C)(C)C)c2)c1. The minimum atomic E-state index is -3.76. The van der Waals surface area contributed by atoms with Crippen LogP contribution in [0.2, 0.25) is 0 Å². The molecule has 1 amide bonds. The largest absolute Gasteiger partial charge is 0.351 e. The first-order valence-electron chi connectivity index (χ1n) is 9.08. The van der Waals surface area contributed by atoms with E-state index in [9.17, 15) is 13.2 Å². The van der Waals surface area contributed by atoms with E-state index in [1.807, 2.05) is 19.1 Å². The standard InChI is InChI=1S/C21H28N2O3S2/c1-16-8-6-10-18(14-16)23(5)28(25,26)19-11-7-9-17(15-19)20(24)22-12-13-27-21(2,3)4/h6-11,14-15H,12-13H2,1-5H3,(H,22,24). The molecule has 28 heavy (non-hydrogen) atoms. The van der Waals surface area contributed by atoms with Gasteiger partial charge in [0.15, 0.2) is 0 Å². The Morgan fingerprint density at radius 3 is 2.43 bits per heavy atom. The van der Waals surface area contributed by atoms with Crippen LogP contribution in [0.5, 0.6) is 0 Å². The monoisotopic (exact) mass is 420 g/mol. The predicted octanol–water partition coefficient (Wildman–Crippen LogP) is 4.08. The van der Waals surface area contributed by atoms with Gasteiger partial charge in [-0.1, -0.05) is 39.0 Å². The van der Waals surface area contributed by atoms with E-state index in [2.05, 4.69) is 26.1 Å². The third-order valence-corrected chi connectivity index (χ3v) is 7.10. The van der Waals surface area contributed by atoms with Gasteiger partial charge in [-0.2, -0.15) is 11.8 Å². The van der Waals surface area contributed by atoms with Gasteiger partial charge >= 0.3 is 0 Å². The van der Waals surface area contributed by atoms with Crippen LogP contribution in [-0.4, -0.2) is 38.4 Å². The van der Waals surface area contributed by atoms with Crippen LogP contribution in [0, 0.1) is 6.92 Å². The second-order valence-corrected chi connectivity index (χ2v) is 11.4. The van der Waals surface area contributed by atoms with Crippen LogP contribution in [0.15, 0.2) is 53.4 Å². The Kier molecular flexibility index (Phi) is 7.17. The maximum Gasteiger partial charge on any atom is 0.264 e. The molecule has 0 aliphatic heterocycles. The molecule has 0 radical (unpaired) electrons. The van der Waals surface area contributed by atoms with E-state index in [1.54, 1.807) is 36.0 Å². The molecule has 152 valence electrons. The number of carbonyl (C=O) groups excluding carboxylic acids is 1. The number of hydrogen-bond donors (Lipinski definition) is 1. The van der Waals surface area contributed by atoms with E-state index < -0.39 is 10.0 Å². The van der Waals surface area contributed by atoms with Gasteiger partial charge in [-0.25, -0.2) is 8.42 Å². The van der Waals surface area contributed by atoms with Gasteiger partial charge in [0.05, 0.1) is 10.6 Å². The first kappa shape index (κ1) is 22.3. The van der Waals surface area contributed by atoms with Crippen LogP contribution >= 0.6 is 11.8 Å². The molecule has 2 aromatic carbocycles. The molecule has 2 rings (SSSR count). The van der Waals surface area contributed by atoms with Gasteiger partial charge in [-0.3, -0.25) is 9.10 Å². The lowest BCUT2D eigenvalue weighted by atomic mass is 10.2. The van der Waals surface area contributed by atoms with E-state index in [-0.39, 0.29) is 15.5 Å². The number of nitrogens with zero attached hydrogens (tertiary/aromatic N) is 1. The predicted molar refractivity (Wildman–Crippen MR) is 118 cm³/mol. The van der Waals surface area contributed by atoms with Crippen molar-refractivity contribution >= 4 is 33.4 Å². The smallest absolute Gasteiger partial charge is 0.264 e. The summed E-state index contributed by atoms with van der Waals surface area (Å²) in [5.41, 5.74) is 1.88. The van der Waals surface area contributed by atoms with Crippen molar-refractivity contribution < 1.29 is 13.2 Å². The van der Waals surface area contributed by atoms with Gasteiger partial charge in [0, 0.05) is 29.7 Å². The Balaban J connectivity index is 2.14. The highest BCUT2D eigenvalue weighted by atomic mass is 32.2. The molecule has 0 bridgehead atoms. The zero-order valence-corrected chi connectivity index (χ0v) is 18.7. The molecule has 0 atom stereocenters. The summed E-state index contributed by atoms with van der Waals surface area (Å²) in [6, 6.07) is 13.4. The second-order valence-electron chi connectivity index (χ2n) is 7.56. The summed E-state index contributed by atoms with van der Waals surface area (Å²) in [5, 5.41) is 2.85. The first-order valence-corrected chi connectivity index (χ1v) is 11.5. The highest BCUT2D eigenvalue weighted by molar-refractivity contribution is 8.00. The molecule has 0 fully saturated rings. The fourth-order valence-electron chi connectivity index (χ4n) is 2.54. The maximum absolute atomic E-state index is 13.0. The van der Waals surface area contributed by atoms with Crippen LogP contribution in [0.1, 0.15) is 36.7 Å². The lowest BCUT2D eigenvalue weighted by Gasteiger charge is -2.20. The summed E-state index contributed by atoms with van der Waals surface area (Å²) in [7, 11) is -2.25. The number of amides is 1. The molecular weight excluding hydrogens is 392 g/mol. The van der Waals surface area contributed by atoms with Crippen molar-refractivity contribution in [3.63, 3.8) is 0 Å². The van der Waals surface area contributed by atoms with Crippen LogP contribution in [0.4, 0.5) is 5.69 Å². The van der Waals surface area contributed by atoms with Crippen molar-refractivity contribution in [3.8, 4) is 0 Å². The molecule has 0 saturated heterocycles.